The van der Waals surface area contributed by atoms with Crippen LogP contribution in [0.15, 0.2) is 66.3 Å². The van der Waals surface area contributed by atoms with Crippen molar-refractivity contribution in [3.8, 4) is 0 Å². The molecule has 0 radical (unpaired) electrons. The number of carbonyl (C=O) groups is 2. The number of hydrogen-bond acceptors (Lipinski definition) is 4. The Morgan fingerprint density at radius 3 is 2.68 bits per heavy atom. The average Bonchev–Trinajstić information content (AvgIpc) is 3.11. The van der Waals surface area contributed by atoms with Crippen molar-refractivity contribution in [1.29, 1.82) is 0 Å². The molecule has 162 valence electrons. The number of thioether (sulfide) groups is 1. The molecule has 0 bridgehead atoms. The second-order valence-electron chi connectivity index (χ2n) is 7.25. The first-order chi connectivity index (χ1) is 15.0. The second-order valence-corrected chi connectivity index (χ2v) is 8.19. The Morgan fingerprint density at radius 2 is 1.94 bits per heavy atom. The van der Waals surface area contributed by atoms with Crippen molar-refractivity contribution in [2.75, 3.05) is 24.2 Å². The smallest absolute Gasteiger partial charge is 0.244 e. The van der Waals surface area contributed by atoms with Crippen LogP contribution in [0, 0.1) is 6.92 Å². The number of carbonyl (C=O) groups excluding carboxylic acids is 2. The Hall–Kier alpha value is -3.06. The third-order valence-electron chi connectivity index (χ3n) is 4.86. The molecular formula is C24H28N4O2S. The van der Waals surface area contributed by atoms with Gasteiger partial charge < -0.3 is 14.8 Å². The quantitative estimate of drug-likeness (QED) is 0.375. The Kier molecular flexibility index (Phi) is 7.89. The fraction of sp³-hybridized carbons (Fsp3) is 0.292. The van der Waals surface area contributed by atoms with Gasteiger partial charge in [0.1, 0.15) is 0 Å². The molecule has 0 fully saturated rings. The van der Waals surface area contributed by atoms with E-state index < -0.39 is 0 Å². The summed E-state index contributed by atoms with van der Waals surface area (Å²) in [5, 5.41) is 3.68. The van der Waals surface area contributed by atoms with Crippen LogP contribution in [-0.4, -0.2) is 45.1 Å². The molecule has 1 heterocycles. The van der Waals surface area contributed by atoms with Crippen molar-refractivity contribution in [2.45, 2.75) is 32.0 Å². The number of amides is 2. The van der Waals surface area contributed by atoms with E-state index in [1.165, 1.54) is 11.8 Å². The summed E-state index contributed by atoms with van der Waals surface area (Å²) in [5.74, 6) is -0.0537. The number of rotatable bonds is 10. The number of aromatic nitrogens is 2. The van der Waals surface area contributed by atoms with Gasteiger partial charge in [0.25, 0.3) is 0 Å². The minimum absolute atomic E-state index is 0.0324. The second kappa shape index (κ2) is 10.8. The molecule has 0 aliphatic carbocycles. The molecule has 0 saturated heterocycles. The van der Waals surface area contributed by atoms with Crippen molar-refractivity contribution in [2.24, 2.45) is 0 Å². The van der Waals surface area contributed by atoms with Gasteiger partial charge in [0.15, 0.2) is 5.16 Å². The molecule has 0 unspecified atom stereocenters. The zero-order valence-electron chi connectivity index (χ0n) is 18.0. The van der Waals surface area contributed by atoms with E-state index in [1.807, 2.05) is 68.5 Å². The number of nitrogens with zero attached hydrogens (tertiary/aromatic N) is 3. The average molecular weight is 437 g/mol. The minimum Gasteiger partial charge on any atom is -0.333 e. The van der Waals surface area contributed by atoms with Gasteiger partial charge in [-0.05, 0) is 37.1 Å². The van der Waals surface area contributed by atoms with E-state index >= 15 is 0 Å². The fourth-order valence-electron chi connectivity index (χ4n) is 3.32. The highest BCUT2D eigenvalue weighted by Crippen LogP contribution is 2.24. The Bertz CT molecular complexity index is 1080. The molecule has 0 saturated carbocycles. The number of aryl methyl sites for hydroxylation is 1. The SMILES string of the molecule is C=CCn1c(SCC(=O)N(CCC)CC(=O)Nc2ccccc2C)nc2ccccc21. The summed E-state index contributed by atoms with van der Waals surface area (Å²) >= 11 is 1.39. The number of anilines is 1. The molecule has 2 amide bonds. The predicted octanol–water partition coefficient (Wildman–Crippen LogP) is 4.50. The molecular weight excluding hydrogens is 408 g/mol. The summed E-state index contributed by atoms with van der Waals surface area (Å²) in [6.45, 7) is 8.95. The van der Waals surface area contributed by atoms with E-state index in [4.69, 9.17) is 0 Å². The van der Waals surface area contributed by atoms with Crippen LogP contribution < -0.4 is 5.32 Å². The highest BCUT2D eigenvalue weighted by atomic mass is 32.2. The van der Waals surface area contributed by atoms with E-state index in [0.717, 1.165) is 33.9 Å². The van der Waals surface area contributed by atoms with Gasteiger partial charge in [0, 0.05) is 18.8 Å². The van der Waals surface area contributed by atoms with Crippen molar-refractivity contribution < 1.29 is 9.59 Å². The third kappa shape index (κ3) is 5.76. The van der Waals surface area contributed by atoms with E-state index in [0.29, 0.717) is 13.1 Å². The molecule has 7 heteroatoms. The maximum atomic E-state index is 12.9. The summed E-state index contributed by atoms with van der Waals surface area (Å²) in [7, 11) is 0. The van der Waals surface area contributed by atoms with Crippen LogP contribution in [0.25, 0.3) is 11.0 Å². The first-order valence-corrected chi connectivity index (χ1v) is 11.3. The van der Waals surface area contributed by atoms with Crippen LogP contribution in [-0.2, 0) is 16.1 Å². The predicted molar refractivity (Wildman–Crippen MR) is 127 cm³/mol. The summed E-state index contributed by atoms with van der Waals surface area (Å²) in [4.78, 5) is 31.7. The number of fused-ring (bicyclic) bond motifs is 1. The lowest BCUT2D eigenvalue weighted by Gasteiger charge is -2.21. The topological polar surface area (TPSA) is 67.2 Å². The summed E-state index contributed by atoms with van der Waals surface area (Å²) < 4.78 is 2.05. The van der Waals surface area contributed by atoms with Crippen LogP contribution in [0.2, 0.25) is 0 Å². The first kappa shape index (κ1) is 22.6. The maximum Gasteiger partial charge on any atom is 0.244 e. The van der Waals surface area contributed by atoms with Crippen LogP contribution in [0.5, 0.6) is 0 Å². The largest absolute Gasteiger partial charge is 0.333 e. The maximum absolute atomic E-state index is 12.9. The molecule has 0 aliphatic rings. The number of nitrogens with one attached hydrogen (secondary N) is 1. The van der Waals surface area contributed by atoms with Gasteiger partial charge in [0.2, 0.25) is 11.8 Å². The summed E-state index contributed by atoms with van der Waals surface area (Å²) in [6, 6.07) is 15.5. The van der Waals surface area contributed by atoms with Gasteiger partial charge in [-0.3, -0.25) is 9.59 Å². The monoisotopic (exact) mass is 436 g/mol. The summed E-state index contributed by atoms with van der Waals surface area (Å²) in [6.07, 6.45) is 2.60. The van der Waals surface area contributed by atoms with Gasteiger partial charge in [-0.25, -0.2) is 4.98 Å². The van der Waals surface area contributed by atoms with Crippen molar-refractivity contribution in [1.82, 2.24) is 14.5 Å². The molecule has 3 aromatic rings. The van der Waals surface area contributed by atoms with E-state index in [1.54, 1.807) is 4.90 Å². The number of para-hydroxylation sites is 3. The third-order valence-corrected chi connectivity index (χ3v) is 5.82. The lowest BCUT2D eigenvalue weighted by atomic mass is 10.2. The highest BCUT2D eigenvalue weighted by Gasteiger charge is 2.19. The molecule has 6 nitrogen and oxygen atoms in total. The number of allylic oxidation sites excluding steroid dienone is 1. The van der Waals surface area contributed by atoms with Gasteiger partial charge in [-0.15, -0.1) is 6.58 Å². The van der Waals surface area contributed by atoms with Crippen LogP contribution in [0.4, 0.5) is 5.69 Å². The van der Waals surface area contributed by atoms with Gasteiger partial charge >= 0.3 is 0 Å². The molecule has 0 atom stereocenters. The number of imidazole rings is 1. The standard InChI is InChI=1S/C24H28N4O2S/c1-4-14-27(16-22(29)25-19-11-7-6-10-18(19)3)23(30)17-31-24-26-20-12-8-9-13-21(20)28(24)15-5-2/h5-13H,2,4,14-17H2,1,3H3,(H,25,29). The lowest BCUT2D eigenvalue weighted by molar-refractivity contribution is -0.132. The van der Waals surface area contributed by atoms with E-state index in [-0.39, 0.29) is 24.1 Å². The highest BCUT2D eigenvalue weighted by molar-refractivity contribution is 7.99. The minimum atomic E-state index is -0.194. The molecule has 1 N–H and O–H groups in total. The van der Waals surface area contributed by atoms with Gasteiger partial charge in [0.05, 0.1) is 23.3 Å². The van der Waals surface area contributed by atoms with Crippen LogP contribution in [0.3, 0.4) is 0 Å². The fourth-order valence-corrected chi connectivity index (χ4v) is 4.25. The van der Waals surface area contributed by atoms with E-state index in [2.05, 4.69) is 21.4 Å². The number of hydrogen-bond donors (Lipinski definition) is 1. The Balaban J connectivity index is 1.66. The zero-order valence-corrected chi connectivity index (χ0v) is 18.8. The van der Waals surface area contributed by atoms with Crippen molar-refractivity contribution in [3.63, 3.8) is 0 Å². The molecule has 3 rings (SSSR count). The lowest BCUT2D eigenvalue weighted by Crippen LogP contribution is -2.39. The van der Waals surface area contributed by atoms with Crippen LogP contribution in [0.1, 0.15) is 18.9 Å². The van der Waals surface area contributed by atoms with Crippen LogP contribution >= 0.6 is 11.8 Å². The molecule has 2 aromatic carbocycles. The van der Waals surface area contributed by atoms with Crippen molar-refractivity contribution in [3.05, 3.63) is 66.7 Å². The molecule has 1 aromatic heterocycles. The van der Waals surface area contributed by atoms with Crippen molar-refractivity contribution >= 4 is 40.3 Å². The van der Waals surface area contributed by atoms with Gasteiger partial charge in [-0.2, -0.15) is 0 Å². The first-order valence-electron chi connectivity index (χ1n) is 10.4. The van der Waals surface area contributed by atoms with E-state index in [9.17, 15) is 9.59 Å². The normalized spacial score (nSPS) is 10.8. The molecule has 31 heavy (non-hydrogen) atoms. The zero-order chi connectivity index (χ0) is 22.2. The molecule has 0 spiro atoms. The Morgan fingerprint density at radius 1 is 1.19 bits per heavy atom. The molecule has 0 aliphatic heterocycles. The summed E-state index contributed by atoms with van der Waals surface area (Å²) in [5.41, 5.74) is 3.66. The van der Waals surface area contributed by atoms with Gasteiger partial charge in [-0.1, -0.05) is 55.1 Å². The number of benzene rings is 2. The Labute approximate surface area is 187 Å².